The van der Waals surface area contributed by atoms with Crippen LogP contribution in [0.15, 0.2) is 71.6 Å². The van der Waals surface area contributed by atoms with Crippen molar-refractivity contribution < 1.29 is 23.5 Å². The van der Waals surface area contributed by atoms with Crippen molar-refractivity contribution in [3.8, 4) is 5.75 Å². The van der Waals surface area contributed by atoms with Crippen LogP contribution in [0.2, 0.25) is 10.0 Å². The number of para-hydroxylation sites is 1. The number of ether oxygens (including phenoxy) is 1. The number of carbonyl (C=O) groups is 3. The molecule has 3 amide bonds. The van der Waals surface area contributed by atoms with Gasteiger partial charge in [0.2, 0.25) is 0 Å². The maximum absolute atomic E-state index is 13.7. The summed E-state index contributed by atoms with van der Waals surface area (Å²) < 4.78 is 19.1. The van der Waals surface area contributed by atoms with Crippen LogP contribution in [0.5, 0.6) is 5.75 Å². The molecular formula is C25H17Cl2FN2O4S. The molecule has 3 aromatic carbocycles. The fourth-order valence-electron chi connectivity index (χ4n) is 3.20. The smallest absolute Gasteiger partial charge is 0.293 e. The summed E-state index contributed by atoms with van der Waals surface area (Å²) in [5.74, 6) is -1.30. The summed E-state index contributed by atoms with van der Waals surface area (Å²) in [4.78, 5) is 38.6. The first-order chi connectivity index (χ1) is 16.8. The zero-order chi connectivity index (χ0) is 24.9. The fraction of sp³-hybridized carbons (Fsp3) is 0.0800. The minimum absolute atomic E-state index is 0.0472. The Labute approximate surface area is 214 Å². The molecule has 1 heterocycles. The number of benzene rings is 3. The average Bonchev–Trinajstić information content (AvgIpc) is 3.08. The Hall–Kier alpha value is -3.33. The second-order valence-corrected chi connectivity index (χ2v) is 9.17. The number of rotatable bonds is 7. The van der Waals surface area contributed by atoms with Crippen molar-refractivity contribution in [3.05, 3.63) is 98.6 Å². The molecule has 0 aromatic heterocycles. The van der Waals surface area contributed by atoms with Crippen LogP contribution >= 0.6 is 35.0 Å². The quantitative estimate of drug-likeness (QED) is 0.358. The van der Waals surface area contributed by atoms with Crippen molar-refractivity contribution in [1.29, 1.82) is 0 Å². The molecule has 1 N–H and O–H groups in total. The number of hydrogen-bond acceptors (Lipinski definition) is 5. The topological polar surface area (TPSA) is 75.7 Å². The third-order valence-corrected chi connectivity index (χ3v) is 6.49. The minimum Gasteiger partial charge on any atom is -0.482 e. The molecule has 1 aliphatic heterocycles. The van der Waals surface area contributed by atoms with Crippen LogP contribution in [0.25, 0.3) is 6.08 Å². The molecule has 1 fully saturated rings. The summed E-state index contributed by atoms with van der Waals surface area (Å²) in [6.07, 6.45) is 1.55. The molecule has 0 aliphatic carbocycles. The standard InChI is InChI=1S/C25H17Cl2FN2O4S/c26-17-6-2-1-5-16(17)13-30-24(32)22(35-25(30)33)12-15-9-10-21(18(27)11-15)34-14-23(31)29-20-8-4-3-7-19(20)28/h1-12H,13-14H2,(H,29,31)/b22-12-. The second-order valence-electron chi connectivity index (χ2n) is 7.37. The van der Waals surface area contributed by atoms with Crippen LogP contribution < -0.4 is 10.1 Å². The summed E-state index contributed by atoms with van der Waals surface area (Å²) in [5, 5.41) is 2.70. The third-order valence-electron chi connectivity index (χ3n) is 4.92. The van der Waals surface area contributed by atoms with Gasteiger partial charge in [0.05, 0.1) is 22.2 Å². The largest absolute Gasteiger partial charge is 0.482 e. The van der Waals surface area contributed by atoms with Gasteiger partial charge in [-0.05, 0) is 59.3 Å². The number of imide groups is 1. The minimum atomic E-state index is -0.556. The fourth-order valence-corrected chi connectivity index (χ4v) is 4.48. The number of hydrogen-bond donors (Lipinski definition) is 1. The van der Waals surface area contributed by atoms with Gasteiger partial charge < -0.3 is 10.1 Å². The maximum Gasteiger partial charge on any atom is 0.293 e. The zero-order valence-electron chi connectivity index (χ0n) is 18.0. The van der Waals surface area contributed by atoms with Gasteiger partial charge in [-0.15, -0.1) is 0 Å². The molecule has 35 heavy (non-hydrogen) atoms. The maximum atomic E-state index is 13.7. The van der Waals surface area contributed by atoms with E-state index in [-0.39, 0.29) is 34.5 Å². The molecule has 0 saturated carbocycles. The lowest BCUT2D eigenvalue weighted by Gasteiger charge is -2.13. The molecule has 0 bridgehead atoms. The van der Waals surface area contributed by atoms with Crippen LogP contribution in [-0.2, 0) is 16.1 Å². The molecule has 0 atom stereocenters. The lowest BCUT2D eigenvalue weighted by molar-refractivity contribution is -0.123. The lowest BCUT2D eigenvalue weighted by atomic mass is 10.2. The van der Waals surface area contributed by atoms with E-state index in [1.54, 1.807) is 54.6 Å². The Morgan fingerprint density at radius 3 is 2.51 bits per heavy atom. The van der Waals surface area contributed by atoms with Gasteiger partial charge in [0.25, 0.3) is 17.1 Å². The summed E-state index contributed by atoms with van der Waals surface area (Å²) in [5.41, 5.74) is 1.29. The van der Waals surface area contributed by atoms with Gasteiger partial charge in [0.1, 0.15) is 11.6 Å². The molecular weight excluding hydrogens is 514 g/mol. The predicted molar refractivity (Wildman–Crippen MR) is 135 cm³/mol. The SMILES string of the molecule is O=C(COc1ccc(/C=C2\SC(=O)N(Cc3ccccc3Cl)C2=O)cc1Cl)Nc1ccccc1F. The van der Waals surface area contributed by atoms with Crippen molar-refractivity contribution >= 4 is 63.8 Å². The Bertz CT molecular complexity index is 1350. The van der Waals surface area contributed by atoms with Gasteiger partial charge in [0.15, 0.2) is 6.61 Å². The first-order valence-corrected chi connectivity index (χ1v) is 11.8. The van der Waals surface area contributed by atoms with E-state index in [1.807, 2.05) is 0 Å². The van der Waals surface area contributed by atoms with E-state index in [0.29, 0.717) is 16.1 Å². The Morgan fingerprint density at radius 2 is 1.77 bits per heavy atom. The summed E-state index contributed by atoms with van der Waals surface area (Å²) in [6.45, 7) is -0.307. The van der Waals surface area contributed by atoms with Crippen LogP contribution in [0.4, 0.5) is 14.9 Å². The molecule has 3 aromatic rings. The van der Waals surface area contributed by atoms with Gasteiger partial charge in [-0.25, -0.2) is 4.39 Å². The van der Waals surface area contributed by atoms with E-state index in [1.165, 1.54) is 18.2 Å². The van der Waals surface area contributed by atoms with Crippen molar-refractivity contribution in [3.63, 3.8) is 0 Å². The monoisotopic (exact) mass is 530 g/mol. The molecule has 0 radical (unpaired) electrons. The summed E-state index contributed by atoms with van der Waals surface area (Å²) >= 11 is 13.2. The number of carbonyl (C=O) groups excluding carboxylic acids is 3. The third kappa shape index (κ3) is 6.03. The number of anilines is 1. The number of amides is 3. The van der Waals surface area contributed by atoms with Crippen molar-refractivity contribution in [2.75, 3.05) is 11.9 Å². The highest BCUT2D eigenvalue weighted by Crippen LogP contribution is 2.35. The number of thioether (sulfide) groups is 1. The van der Waals surface area contributed by atoms with Crippen LogP contribution in [0.1, 0.15) is 11.1 Å². The van der Waals surface area contributed by atoms with E-state index in [2.05, 4.69) is 5.32 Å². The first-order valence-electron chi connectivity index (χ1n) is 10.3. The van der Waals surface area contributed by atoms with E-state index >= 15 is 0 Å². The van der Waals surface area contributed by atoms with Gasteiger partial charge in [0, 0.05) is 5.02 Å². The van der Waals surface area contributed by atoms with Gasteiger partial charge >= 0.3 is 0 Å². The van der Waals surface area contributed by atoms with E-state index < -0.39 is 22.9 Å². The van der Waals surface area contributed by atoms with Crippen LogP contribution in [-0.4, -0.2) is 28.6 Å². The molecule has 0 spiro atoms. The van der Waals surface area contributed by atoms with E-state index in [4.69, 9.17) is 27.9 Å². The van der Waals surface area contributed by atoms with E-state index in [9.17, 15) is 18.8 Å². The molecule has 10 heteroatoms. The highest BCUT2D eigenvalue weighted by Gasteiger charge is 2.35. The highest BCUT2D eigenvalue weighted by atomic mass is 35.5. The normalized spacial score (nSPS) is 14.5. The summed E-state index contributed by atoms with van der Waals surface area (Å²) in [7, 11) is 0. The van der Waals surface area contributed by atoms with Gasteiger partial charge in [-0.3, -0.25) is 19.3 Å². The first kappa shape index (κ1) is 24.8. The lowest BCUT2D eigenvalue weighted by Crippen LogP contribution is -2.27. The molecule has 0 unspecified atom stereocenters. The molecule has 4 rings (SSSR count). The Morgan fingerprint density at radius 1 is 1.03 bits per heavy atom. The predicted octanol–water partition coefficient (Wildman–Crippen LogP) is 6.39. The van der Waals surface area contributed by atoms with Crippen molar-refractivity contribution in [2.45, 2.75) is 6.54 Å². The number of halogens is 3. The van der Waals surface area contributed by atoms with Gasteiger partial charge in [-0.2, -0.15) is 0 Å². The van der Waals surface area contributed by atoms with Crippen LogP contribution in [0, 0.1) is 5.82 Å². The molecule has 1 aliphatic rings. The number of nitrogens with zero attached hydrogens (tertiary/aromatic N) is 1. The molecule has 178 valence electrons. The van der Waals surface area contributed by atoms with Crippen molar-refractivity contribution in [1.82, 2.24) is 4.90 Å². The summed E-state index contributed by atoms with van der Waals surface area (Å²) in [6, 6.07) is 17.5. The van der Waals surface area contributed by atoms with Gasteiger partial charge in [-0.1, -0.05) is 59.6 Å². The second kappa shape index (κ2) is 10.9. The van der Waals surface area contributed by atoms with Crippen LogP contribution in [0.3, 0.4) is 0 Å². The Kier molecular flexibility index (Phi) is 7.75. The van der Waals surface area contributed by atoms with E-state index in [0.717, 1.165) is 16.7 Å². The Balaban J connectivity index is 1.40. The molecule has 6 nitrogen and oxygen atoms in total. The number of nitrogens with one attached hydrogen (secondary N) is 1. The van der Waals surface area contributed by atoms with Crippen molar-refractivity contribution in [2.24, 2.45) is 0 Å². The zero-order valence-corrected chi connectivity index (χ0v) is 20.3. The highest BCUT2D eigenvalue weighted by molar-refractivity contribution is 8.18. The molecule has 1 saturated heterocycles. The average molecular weight is 531 g/mol.